The first kappa shape index (κ1) is 21.8. The van der Waals surface area contributed by atoms with E-state index in [1.165, 1.54) is 29.0 Å². The van der Waals surface area contributed by atoms with Crippen LogP contribution in [-0.4, -0.2) is 19.6 Å². The average molecular weight is 425 g/mol. The minimum absolute atomic E-state index is 0.786. The summed E-state index contributed by atoms with van der Waals surface area (Å²) in [6.07, 6.45) is 2.51. The van der Waals surface area contributed by atoms with Crippen LogP contribution < -0.4 is 9.62 Å². The molecule has 0 aliphatic carbocycles. The highest BCUT2D eigenvalue weighted by atomic mass is 35.5. The molecule has 1 heterocycles. The molecule has 1 atom stereocenters. The van der Waals surface area contributed by atoms with Crippen molar-refractivity contribution in [1.82, 2.24) is 5.32 Å². The second-order valence-electron chi connectivity index (χ2n) is 7.29. The maximum Gasteiger partial charge on any atom is 0.0474 e. The molecule has 1 unspecified atom stereocenters. The third-order valence-corrected chi connectivity index (χ3v) is 6.27. The van der Waals surface area contributed by atoms with E-state index in [1.807, 2.05) is 30.3 Å². The zero-order chi connectivity index (χ0) is 20.3. The van der Waals surface area contributed by atoms with Crippen LogP contribution in [-0.2, 0) is 0 Å². The number of rotatable bonds is 6. The first-order chi connectivity index (χ1) is 14.2. The predicted molar refractivity (Wildman–Crippen MR) is 128 cm³/mol. The molecule has 1 N–H and O–H groups in total. The van der Waals surface area contributed by atoms with Crippen LogP contribution in [0.25, 0.3) is 0 Å². The largest absolute Gasteiger partial charge is 0.316 e. The zero-order valence-electron chi connectivity index (χ0n) is 16.9. The molecule has 3 aromatic carbocycles. The van der Waals surface area contributed by atoms with E-state index in [4.69, 9.17) is 11.6 Å². The fourth-order valence-corrected chi connectivity index (χ4v) is 4.32. The van der Waals surface area contributed by atoms with Gasteiger partial charge >= 0.3 is 0 Å². The van der Waals surface area contributed by atoms with Crippen molar-refractivity contribution >= 4 is 29.2 Å². The first-order valence-electron chi connectivity index (χ1n) is 10.2. The minimum atomic E-state index is 0.786. The maximum atomic E-state index is 6.02. The Hall–Kier alpha value is -1.94. The van der Waals surface area contributed by atoms with Crippen LogP contribution in [0.1, 0.15) is 18.4 Å². The molecule has 2 nitrogen and oxygen atoms in total. The number of hydrogen-bond acceptors (Lipinski definition) is 3. The van der Waals surface area contributed by atoms with Crippen molar-refractivity contribution in [2.75, 3.05) is 23.9 Å². The highest BCUT2D eigenvalue weighted by molar-refractivity contribution is 8.00. The molecule has 1 fully saturated rings. The second-order valence-corrected chi connectivity index (χ2v) is 8.82. The van der Waals surface area contributed by atoms with Crippen molar-refractivity contribution in [2.45, 2.75) is 24.7 Å². The van der Waals surface area contributed by atoms with Gasteiger partial charge in [-0.15, -0.1) is 0 Å². The lowest BCUT2D eigenvalue weighted by Crippen LogP contribution is -2.19. The van der Waals surface area contributed by atoms with E-state index in [0.717, 1.165) is 30.6 Å². The summed E-state index contributed by atoms with van der Waals surface area (Å²) in [6, 6.07) is 28.9. The van der Waals surface area contributed by atoms with Gasteiger partial charge in [-0.05, 0) is 87.1 Å². The Morgan fingerprint density at radius 2 is 1.59 bits per heavy atom. The number of nitrogens with zero attached hydrogens (tertiary/aromatic N) is 1. The zero-order valence-corrected chi connectivity index (χ0v) is 18.5. The van der Waals surface area contributed by atoms with Crippen LogP contribution in [0.2, 0.25) is 5.02 Å². The van der Waals surface area contributed by atoms with Gasteiger partial charge in [0.05, 0.1) is 0 Å². The van der Waals surface area contributed by atoms with Gasteiger partial charge in [0.25, 0.3) is 0 Å². The lowest BCUT2D eigenvalue weighted by atomic mass is 10.1. The fourth-order valence-electron chi connectivity index (χ4n) is 3.24. The van der Waals surface area contributed by atoms with Gasteiger partial charge in [0.1, 0.15) is 0 Å². The van der Waals surface area contributed by atoms with Crippen LogP contribution in [0.5, 0.6) is 0 Å². The van der Waals surface area contributed by atoms with Crippen LogP contribution in [0, 0.1) is 12.8 Å². The van der Waals surface area contributed by atoms with Gasteiger partial charge in [-0.1, -0.05) is 65.7 Å². The van der Waals surface area contributed by atoms with Crippen molar-refractivity contribution in [2.24, 2.45) is 5.92 Å². The number of halogens is 1. The van der Waals surface area contributed by atoms with Crippen molar-refractivity contribution in [3.8, 4) is 0 Å². The Bertz CT molecular complexity index is 818. The monoisotopic (exact) mass is 424 g/mol. The van der Waals surface area contributed by atoms with Gasteiger partial charge in [0.2, 0.25) is 0 Å². The van der Waals surface area contributed by atoms with Crippen molar-refractivity contribution in [3.05, 3.63) is 95.5 Å². The van der Waals surface area contributed by atoms with E-state index < -0.39 is 0 Å². The number of hydrogen-bond donors (Lipinski definition) is 1. The van der Waals surface area contributed by atoms with E-state index in [1.54, 1.807) is 11.9 Å². The summed E-state index contributed by atoms with van der Waals surface area (Å²) >= 11 is 7.82. The molecular formula is C25H29ClN2S. The summed E-state index contributed by atoms with van der Waals surface area (Å²) in [5.74, 6) is 0.797. The van der Waals surface area contributed by atoms with Crippen LogP contribution in [0.4, 0.5) is 5.69 Å². The Morgan fingerprint density at radius 3 is 2.14 bits per heavy atom. The third-order valence-electron chi connectivity index (χ3n) is 4.92. The van der Waals surface area contributed by atoms with E-state index in [-0.39, 0.29) is 0 Å². The Balaban J connectivity index is 0.000000290. The molecule has 0 bridgehead atoms. The molecule has 1 saturated heterocycles. The summed E-state index contributed by atoms with van der Waals surface area (Å²) in [5, 5.41) is 4.24. The number of nitrogens with one attached hydrogen (secondary N) is 1. The normalized spacial score (nSPS) is 15.4. The fraction of sp³-hybridized carbons (Fsp3) is 0.280. The summed E-state index contributed by atoms with van der Waals surface area (Å²) < 4.78 is 2.38. The van der Waals surface area contributed by atoms with E-state index in [9.17, 15) is 0 Å². The lowest BCUT2D eigenvalue weighted by Gasteiger charge is -2.25. The second kappa shape index (κ2) is 11.9. The highest BCUT2D eigenvalue weighted by Gasteiger charge is 2.17. The van der Waals surface area contributed by atoms with Crippen molar-refractivity contribution < 1.29 is 0 Å². The number of benzene rings is 3. The Morgan fingerprint density at radius 1 is 0.931 bits per heavy atom. The van der Waals surface area contributed by atoms with Gasteiger partial charge in [-0.25, -0.2) is 0 Å². The molecule has 29 heavy (non-hydrogen) atoms. The molecule has 0 saturated carbocycles. The van der Waals surface area contributed by atoms with Gasteiger partial charge in [0, 0.05) is 22.2 Å². The van der Waals surface area contributed by atoms with Gasteiger partial charge < -0.3 is 9.62 Å². The smallest absolute Gasteiger partial charge is 0.0474 e. The van der Waals surface area contributed by atoms with Gasteiger partial charge in [-0.2, -0.15) is 0 Å². The number of aryl methyl sites for hydroxylation is 1. The molecule has 0 aromatic heterocycles. The Labute approximate surface area is 184 Å². The maximum absolute atomic E-state index is 6.02. The Kier molecular flexibility index (Phi) is 8.94. The van der Waals surface area contributed by atoms with E-state index >= 15 is 0 Å². The van der Waals surface area contributed by atoms with Crippen molar-refractivity contribution in [1.29, 1.82) is 0 Å². The van der Waals surface area contributed by atoms with Crippen molar-refractivity contribution in [3.63, 3.8) is 0 Å². The molecule has 3 aromatic rings. The topological polar surface area (TPSA) is 15.3 Å². The molecule has 0 spiro atoms. The predicted octanol–water partition coefficient (Wildman–Crippen LogP) is 6.85. The summed E-state index contributed by atoms with van der Waals surface area (Å²) in [7, 11) is 0. The quantitative estimate of drug-likeness (QED) is 0.435. The molecule has 1 aliphatic rings. The van der Waals surface area contributed by atoms with Gasteiger partial charge in [-0.3, -0.25) is 0 Å². The van der Waals surface area contributed by atoms with E-state index in [0.29, 0.717) is 0 Å². The summed E-state index contributed by atoms with van der Waals surface area (Å²) in [4.78, 5) is 1.27. The lowest BCUT2D eigenvalue weighted by molar-refractivity contribution is 0.543. The van der Waals surface area contributed by atoms with Crippen LogP contribution >= 0.6 is 23.5 Å². The molecule has 0 amide bonds. The molecule has 4 rings (SSSR count). The number of anilines is 1. The first-order valence-corrected chi connectivity index (χ1v) is 11.3. The average Bonchev–Trinajstić information content (AvgIpc) is 3.27. The summed E-state index contributed by atoms with van der Waals surface area (Å²) in [5.41, 5.74) is 2.53. The van der Waals surface area contributed by atoms with Crippen LogP contribution in [0.15, 0.2) is 89.8 Å². The molecule has 0 radical (unpaired) electrons. The third kappa shape index (κ3) is 7.77. The molecular weight excluding hydrogens is 396 g/mol. The standard InChI is InChI=1S/C18H21ClN2S.C7H8/c19-16-6-8-17(9-7-16)21(13-11-15-10-12-20-14-15)22-18-4-2-1-3-5-18;1-7-5-3-2-4-6-7/h1-9,15,20H,10-14H2;2-6H,1H3. The SMILES string of the molecule is Cc1ccccc1.Clc1ccc(N(CCC2CCNC2)Sc2ccccc2)cc1. The molecule has 4 heteroatoms. The minimum Gasteiger partial charge on any atom is -0.316 e. The molecule has 1 aliphatic heterocycles. The van der Waals surface area contributed by atoms with Gasteiger partial charge in [0.15, 0.2) is 0 Å². The van der Waals surface area contributed by atoms with E-state index in [2.05, 4.69) is 71.1 Å². The summed E-state index contributed by atoms with van der Waals surface area (Å²) in [6.45, 7) is 5.45. The molecule has 152 valence electrons. The van der Waals surface area contributed by atoms with Crippen LogP contribution in [0.3, 0.4) is 0 Å². The highest BCUT2D eigenvalue weighted by Crippen LogP contribution is 2.30.